The zero-order valence-corrected chi connectivity index (χ0v) is 12.6. The maximum atomic E-state index is 4.50. The van der Waals surface area contributed by atoms with E-state index in [-0.39, 0.29) is 0 Å². The van der Waals surface area contributed by atoms with Gasteiger partial charge in [0.25, 0.3) is 0 Å². The van der Waals surface area contributed by atoms with E-state index in [2.05, 4.69) is 32.7 Å². The van der Waals surface area contributed by atoms with E-state index >= 15 is 0 Å². The summed E-state index contributed by atoms with van der Waals surface area (Å²) in [6.07, 6.45) is 13.2. The smallest absolute Gasteiger partial charge is 0.244 e. The quantitative estimate of drug-likeness (QED) is 0.589. The summed E-state index contributed by atoms with van der Waals surface area (Å²) < 4.78 is 0. The largest absolute Gasteiger partial charge is 0.366 e. The van der Waals surface area contributed by atoms with Gasteiger partial charge in [-0.25, -0.2) is 0 Å². The fourth-order valence-corrected chi connectivity index (χ4v) is 2.66. The first-order chi connectivity index (χ1) is 9.88. The number of hydrogen-bond acceptors (Lipinski definition) is 5. The van der Waals surface area contributed by atoms with Crippen LogP contribution in [0.15, 0.2) is 6.20 Å². The molecule has 1 aromatic rings. The van der Waals surface area contributed by atoms with Gasteiger partial charge in [-0.2, -0.15) is 10.1 Å². The highest BCUT2D eigenvalue weighted by Crippen LogP contribution is 2.20. The molecule has 0 bridgehead atoms. The topological polar surface area (TPSA) is 62.7 Å². The van der Waals surface area contributed by atoms with Crippen LogP contribution in [0.3, 0.4) is 0 Å². The van der Waals surface area contributed by atoms with Crippen LogP contribution in [0, 0.1) is 0 Å². The van der Waals surface area contributed by atoms with Crippen molar-refractivity contribution in [2.24, 2.45) is 0 Å². The summed E-state index contributed by atoms with van der Waals surface area (Å²) in [5, 5.41) is 14.8. The van der Waals surface area contributed by atoms with Crippen LogP contribution in [0.25, 0.3) is 0 Å². The lowest BCUT2D eigenvalue weighted by Crippen LogP contribution is -2.20. The Balaban J connectivity index is 1.81. The maximum absolute atomic E-state index is 4.50. The number of nitrogens with one attached hydrogen (secondary N) is 2. The summed E-state index contributed by atoms with van der Waals surface area (Å²) in [6.45, 7) is 3.12. The lowest BCUT2D eigenvalue weighted by molar-refractivity contribution is 0.616. The van der Waals surface area contributed by atoms with E-state index in [1.165, 1.54) is 51.4 Å². The monoisotopic (exact) mass is 277 g/mol. The highest BCUT2D eigenvalue weighted by Gasteiger charge is 2.12. The van der Waals surface area contributed by atoms with Crippen molar-refractivity contribution in [1.82, 2.24) is 15.2 Å². The van der Waals surface area contributed by atoms with Gasteiger partial charge in [-0.05, 0) is 19.3 Å². The summed E-state index contributed by atoms with van der Waals surface area (Å²) >= 11 is 0. The maximum Gasteiger partial charge on any atom is 0.244 e. The average molecular weight is 277 g/mol. The molecule has 0 unspecified atom stereocenters. The third-order valence-electron chi connectivity index (χ3n) is 3.83. The molecule has 2 rings (SSSR count). The van der Waals surface area contributed by atoms with Gasteiger partial charge in [0.05, 0.1) is 6.20 Å². The minimum absolute atomic E-state index is 0.544. The normalized spacial score (nSPS) is 16.6. The molecule has 1 aliphatic rings. The van der Waals surface area contributed by atoms with Crippen LogP contribution in [-0.4, -0.2) is 27.8 Å². The van der Waals surface area contributed by atoms with E-state index in [9.17, 15) is 0 Å². The fraction of sp³-hybridized carbons (Fsp3) is 0.800. The molecule has 0 radical (unpaired) electrons. The summed E-state index contributed by atoms with van der Waals surface area (Å²) in [7, 11) is 0. The van der Waals surface area contributed by atoms with Gasteiger partial charge in [-0.1, -0.05) is 45.4 Å². The molecule has 1 aromatic heterocycles. The molecule has 0 aromatic carbocycles. The molecular formula is C15H27N5. The molecule has 112 valence electrons. The molecule has 0 spiro atoms. The van der Waals surface area contributed by atoms with Gasteiger partial charge in [-0.3, -0.25) is 0 Å². The molecule has 0 amide bonds. The summed E-state index contributed by atoms with van der Waals surface area (Å²) in [4.78, 5) is 4.50. The average Bonchev–Trinajstić information content (AvgIpc) is 2.73. The van der Waals surface area contributed by atoms with E-state index in [1.54, 1.807) is 6.20 Å². The van der Waals surface area contributed by atoms with Gasteiger partial charge in [0.2, 0.25) is 5.95 Å². The van der Waals surface area contributed by atoms with E-state index in [4.69, 9.17) is 0 Å². The predicted octanol–water partition coefficient (Wildman–Crippen LogP) is 3.61. The van der Waals surface area contributed by atoms with E-state index < -0.39 is 0 Å². The van der Waals surface area contributed by atoms with Crippen molar-refractivity contribution in [2.45, 2.75) is 70.8 Å². The van der Waals surface area contributed by atoms with Crippen molar-refractivity contribution in [3.8, 4) is 0 Å². The first-order valence-electron chi connectivity index (χ1n) is 8.08. The van der Waals surface area contributed by atoms with Crippen molar-refractivity contribution >= 4 is 11.8 Å². The van der Waals surface area contributed by atoms with Crippen molar-refractivity contribution in [3.05, 3.63) is 6.20 Å². The predicted molar refractivity (Wildman–Crippen MR) is 83.0 cm³/mol. The molecule has 2 N–H and O–H groups in total. The minimum atomic E-state index is 0.544. The minimum Gasteiger partial charge on any atom is -0.366 e. The van der Waals surface area contributed by atoms with Gasteiger partial charge in [-0.15, -0.1) is 5.10 Å². The number of hydrogen-bond donors (Lipinski definition) is 2. The zero-order chi connectivity index (χ0) is 14.0. The third kappa shape index (κ3) is 5.31. The van der Waals surface area contributed by atoms with E-state index in [0.29, 0.717) is 12.0 Å². The second kappa shape index (κ2) is 8.72. The van der Waals surface area contributed by atoms with Crippen molar-refractivity contribution < 1.29 is 0 Å². The molecule has 20 heavy (non-hydrogen) atoms. The second-order valence-corrected chi connectivity index (χ2v) is 5.63. The van der Waals surface area contributed by atoms with Crippen LogP contribution in [-0.2, 0) is 0 Å². The number of unbranched alkanes of at least 4 members (excludes halogenated alkanes) is 2. The van der Waals surface area contributed by atoms with Crippen LogP contribution in [0.4, 0.5) is 11.8 Å². The van der Waals surface area contributed by atoms with Crippen molar-refractivity contribution in [2.75, 3.05) is 17.2 Å². The molecule has 5 heteroatoms. The van der Waals surface area contributed by atoms with Gasteiger partial charge in [0, 0.05) is 12.6 Å². The fourth-order valence-electron chi connectivity index (χ4n) is 2.66. The van der Waals surface area contributed by atoms with Crippen LogP contribution in [0.1, 0.15) is 64.7 Å². The Morgan fingerprint density at radius 1 is 1.15 bits per heavy atom. The standard InChI is InChI=1S/C15H27N5/c1-2-3-8-11-16-15-19-14(12-17-20-15)18-13-9-6-4-5-7-10-13/h12-13H,2-11H2,1H3,(H2,16,18,19,20). The molecule has 0 saturated heterocycles. The van der Waals surface area contributed by atoms with Crippen LogP contribution in [0.5, 0.6) is 0 Å². The van der Waals surface area contributed by atoms with Crippen molar-refractivity contribution in [3.63, 3.8) is 0 Å². The molecule has 1 fully saturated rings. The molecule has 0 aliphatic heterocycles. The zero-order valence-electron chi connectivity index (χ0n) is 12.6. The van der Waals surface area contributed by atoms with Gasteiger partial charge in [0.1, 0.15) is 0 Å². The molecule has 1 aliphatic carbocycles. The van der Waals surface area contributed by atoms with E-state index in [1.807, 2.05) is 0 Å². The Kier molecular flexibility index (Phi) is 6.54. The Hall–Kier alpha value is -1.39. The molecular weight excluding hydrogens is 250 g/mol. The summed E-state index contributed by atoms with van der Waals surface area (Å²) in [6, 6.07) is 0.544. The Bertz CT molecular complexity index is 374. The van der Waals surface area contributed by atoms with Gasteiger partial charge in [0.15, 0.2) is 5.82 Å². The molecule has 0 atom stereocenters. The van der Waals surface area contributed by atoms with Crippen LogP contribution >= 0.6 is 0 Å². The third-order valence-corrected chi connectivity index (χ3v) is 3.83. The summed E-state index contributed by atoms with van der Waals surface area (Å²) in [5.74, 6) is 1.49. The lowest BCUT2D eigenvalue weighted by atomic mass is 10.1. The molecule has 5 nitrogen and oxygen atoms in total. The first-order valence-corrected chi connectivity index (χ1v) is 8.08. The highest BCUT2D eigenvalue weighted by atomic mass is 15.3. The van der Waals surface area contributed by atoms with Crippen LogP contribution < -0.4 is 10.6 Å². The molecule has 1 saturated carbocycles. The van der Waals surface area contributed by atoms with Crippen molar-refractivity contribution in [1.29, 1.82) is 0 Å². The first kappa shape index (κ1) is 15.0. The lowest BCUT2D eigenvalue weighted by Gasteiger charge is -2.16. The van der Waals surface area contributed by atoms with Crippen LogP contribution in [0.2, 0.25) is 0 Å². The Labute approximate surface area is 122 Å². The van der Waals surface area contributed by atoms with Gasteiger partial charge < -0.3 is 10.6 Å². The SMILES string of the molecule is CCCCCNc1nncc(NC2CCCCCC2)n1. The summed E-state index contributed by atoms with van der Waals surface area (Å²) in [5.41, 5.74) is 0. The van der Waals surface area contributed by atoms with Gasteiger partial charge >= 0.3 is 0 Å². The molecule has 1 heterocycles. The number of nitrogens with zero attached hydrogens (tertiary/aromatic N) is 3. The number of rotatable bonds is 7. The van der Waals surface area contributed by atoms with E-state index in [0.717, 1.165) is 18.8 Å². The number of anilines is 2. The Morgan fingerprint density at radius 3 is 2.70 bits per heavy atom. The Morgan fingerprint density at radius 2 is 1.95 bits per heavy atom. The second-order valence-electron chi connectivity index (χ2n) is 5.63. The number of aromatic nitrogens is 3. The highest BCUT2D eigenvalue weighted by molar-refractivity contribution is 5.37.